The van der Waals surface area contributed by atoms with Crippen LogP contribution in [0.25, 0.3) is 0 Å². The molecule has 0 spiro atoms. The van der Waals surface area contributed by atoms with Crippen molar-refractivity contribution in [3.63, 3.8) is 0 Å². The molecular weight excluding hydrogens is 449 g/mol. The molecule has 0 radical (unpaired) electrons. The third kappa shape index (κ3) is 5.35. The minimum Gasteiger partial charge on any atom is -0.490 e. The van der Waals surface area contributed by atoms with E-state index in [1.54, 1.807) is 19.9 Å². The first-order chi connectivity index (χ1) is 16.1. The van der Waals surface area contributed by atoms with E-state index < -0.39 is 17.8 Å². The summed E-state index contributed by atoms with van der Waals surface area (Å²) in [6, 6.07) is 11.8. The summed E-state index contributed by atoms with van der Waals surface area (Å²) in [6.07, 6.45) is -5.14. The van der Waals surface area contributed by atoms with Crippen LogP contribution in [0.1, 0.15) is 48.6 Å². The fourth-order valence-electron chi connectivity index (χ4n) is 4.13. The second kappa shape index (κ2) is 9.66. The van der Waals surface area contributed by atoms with Gasteiger partial charge in [0.05, 0.1) is 30.4 Å². The van der Waals surface area contributed by atoms with E-state index in [-0.39, 0.29) is 23.7 Å². The Hall–Kier alpha value is -3.07. The number of hydrogen-bond acceptors (Lipinski definition) is 6. The maximum atomic E-state index is 13.6. The number of benzene rings is 2. The van der Waals surface area contributed by atoms with Crippen molar-refractivity contribution in [1.82, 2.24) is 4.90 Å². The summed E-state index contributed by atoms with van der Waals surface area (Å²) in [5.74, 6) is -0.430. The number of methoxy groups -OCH3 is 1. The number of nitrogens with zero attached hydrogens (tertiary/aromatic N) is 2. The molecule has 0 aliphatic carbocycles. The lowest BCUT2D eigenvalue weighted by Crippen LogP contribution is -2.49. The van der Waals surface area contributed by atoms with Crippen molar-refractivity contribution in [1.29, 1.82) is 0 Å². The number of hydrogen-bond donors (Lipinski definition) is 0. The molecule has 2 heterocycles. The van der Waals surface area contributed by atoms with Crippen LogP contribution in [0.3, 0.4) is 0 Å². The third-order valence-electron chi connectivity index (χ3n) is 5.90. The monoisotopic (exact) mass is 476 g/mol. The number of rotatable bonds is 7. The largest absolute Gasteiger partial charge is 0.490 e. The SMILES string of the molecule is COC(=O)C1CN(Cc2ccc(C3=NOC(c4ccc(OC(C)C)c(C(F)(F)F)c4)C3)cc2)C1. The predicted octanol–water partition coefficient (Wildman–Crippen LogP) is 4.96. The van der Waals surface area contributed by atoms with E-state index in [2.05, 4.69) is 10.1 Å². The molecule has 0 N–H and O–H groups in total. The zero-order valence-electron chi connectivity index (χ0n) is 19.3. The Balaban J connectivity index is 1.38. The van der Waals surface area contributed by atoms with Crippen LogP contribution in [0.5, 0.6) is 5.75 Å². The van der Waals surface area contributed by atoms with Crippen LogP contribution in [-0.2, 0) is 27.1 Å². The lowest BCUT2D eigenvalue weighted by molar-refractivity contribution is -0.151. The Morgan fingerprint density at radius 2 is 1.88 bits per heavy atom. The van der Waals surface area contributed by atoms with Gasteiger partial charge in [0.25, 0.3) is 0 Å². The number of carbonyl (C=O) groups is 1. The van der Waals surface area contributed by atoms with Gasteiger partial charge >= 0.3 is 12.1 Å². The van der Waals surface area contributed by atoms with E-state index in [4.69, 9.17) is 14.3 Å². The van der Waals surface area contributed by atoms with Gasteiger partial charge in [0, 0.05) is 26.1 Å². The molecular formula is C25H27F3N2O4. The summed E-state index contributed by atoms with van der Waals surface area (Å²) in [5.41, 5.74) is 2.22. The highest BCUT2D eigenvalue weighted by molar-refractivity contribution is 6.01. The zero-order valence-corrected chi connectivity index (χ0v) is 19.3. The Bertz CT molecular complexity index is 1060. The Morgan fingerprint density at radius 1 is 1.18 bits per heavy atom. The molecule has 0 saturated carbocycles. The van der Waals surface area contributed by atoms with Gasteiger partial charge in [0.15, 0.2) is 6.10 Å². The van der Waals surface area contributed by atoms with Gasteiger partial charge < -0.3 is 14.3 Å². The van der Waals surface area contributed by atoms with Crippen molar-refractivity contribution in [3.05, 3.63) is 64.7 Å². The molecule has 1 unspecified atom stereocenters. The van der Waals surface area contributed by atoms with Gasteiger partial charge in [-0.25, -0.2) is 0 Å². The lowest BCUT2D eigenvalue weighted by atomic mass is 9.97. The van der Waals surface area contributed by atoms with Crippen LogP contribution < -0.4 is 4.74 Å². The molecule has 1 saturated heterocycles. The summed E-state index contributed by atoms with van der Waals surface area (Å²) in [4.78, 5) is 19.2. The fraction of sp³-hybridized carbons (Fsp3) is 0.440. The number of carbonyl (C=O) groups excluding carboxylic acids is 1. The molecule has 182 valence electrons. The standard InChI is InChI=1S/C25H27F3N2O4/c1-15(2)33-22-9-8-18(10-20(22)25(26,27)28)23-11-21(29-34-23)17-6-4-16(5-7-17)12-30-13-19(14-30)24(31)32-3/h4-10,15,19,23H,11-14H2,1-3H3. The maximum Gasteiger partial charge on any atom is 0.419 e. The summed E-state index contributed by atoms with van der Waals surface area (Å²) >= 11 is 0. The molecule has 34 heavy (non-hydrogen) atoms. The van der Waals surface area contributed by atoms with Gasteiger partial charge in [-0.2, -0.15) is 13.2 Å². The fourth-order valence-corrected chi connectivity index (χ4v) is 4.13. The van der Waals surface area contributed by atoms with Crippen molar-refractivity contribution in [2.75, 3.05) is 20.2 Å². The molecule has 6 nitrogen and oxygen atoms in total. The first kappa shape index (κ1) is 24.1. The second-order valence-electron chi connectivity index (χ2n) is 8.87. The number of ether oxygens (including phenoxy) is 2. The summed E-state index contributed by atoms with van der Waals surface area (Å²) < 4.78 is 50.8. The Labute approximate surface area is 196 Å². The van der Waals surface area contributed by atoms with Crippen LogP contribution in [0.15, 0.2) is 47.6 Å². The number of oxime groups is 1. The van der Waals surface area contributed by atoms with Crippen LogP contribution in [0.2, 0.25) is 0 Å². The number of halogens is 3. The molecule has 0 amide bonds. The molecule has 1 atom stereocenters. The quantitative estimate of drug-likeness (QED) is 0.529. The molecule has 9 heteroatoms. The average molecular weight is 476 g/mol. The minimum absolute atomic E-state index is 0.0601. The molecule has 2 aliphatic rings. The Kier molecular flexibility index (Phi) is 6.84. The maximum absolute atomic E-state index is 13.6. The predicted molar refractivity (Wildman–Crippen MR) is 119 cm³/mol. The van der Waals surface area contributed by atoms with Crippen LogP contribution in [0, 0.1) is 5.92 Å². The molecule has 1 fully saturated rings. The third-order valence-corrected chi connectivity index (χ3v) is 5.90. The van der Waals surface area contributed by atoms with E-state index in [1.807, 2.05) is 24.3 Å². The van der Waals surface area contributed by atoms with Crippen molar-refractivity contribution in [3.8, 4) is 5.75 Å². The topological polar surface area (TPSA) is 60.4 Å². The van der Waals surface area contributed by atoms with Gasteiger partial charge in [-0.3, -0.25) is 9.69 Å². The van der Waals surface area contributed by atoms with E-state index in [0.29, 0.717) is 30.8 Å². The molecule has 4 rings (SSSR count). The summed E-state index contributed by atoms with van der Waals surface area (Å²) in [7, 11) is 1.40. The lowest BCUT2D eigenvalue weighted by Gasteiger charge is -2.37. The van der Waals surface area contributed by atoms with E-state index in [1.165, 1.54) is 13.2 Å². The van der Waals surface area contributed by atoms with Gasteiger partial charge in [0.1, 0.15) is 5.75 Å². The smallest absolute Gasteiger partial charge is 0.419 e. The van der Waals surface area contributed by atoms with E-state index in [0.717, 1.165) is 23.7 Å². The van der Waals surface area contributed by atoms with Gasteiger partial charge in [-0.05, 0) is 42.7 Å². The van der Waals surface area contributed by atoms with Crippen LogP contribution >= 0.6 is 0 Å². The van der Waals surface area contributed by atoms with E-state index >= 15 is 0 Å². The highest BCUT2D eigenvalue weighted by Crippen LogP contribution is 2.40. The van der Waals surface area contributed by atoms with Gasteiger partial charge in [0.2, 0.25) is 0 Å². The second-order valence-corrected chi connectivity index (χ2v) is 8.87. The van der Waals surface area contributed by atoms with Crippen molar-refractivity contribution in [2.45, 2.75) is 45.2 Å². The first-order valence-corrected chi connectivity index (χ1v) is 11.1. The van der Waals surface area contributed by atoms with Crippen molar-refractivity contribution < 1.29 is 32.3 Å². The molecule has 2 aliphatic heterocycles. The molecule has 0 aromatic heterocycles. The van der Waals surface area contributed by atoms with Crippen LogP contribution in [-0.4, -0.2) is 42.9 Å². The highest BCUT2D eigenvalue weighted by Gasteiger charge is 2.36. The number of esters is 1. The molecule has 2 aromatic rings. The first-order valence-electron chi connectivity index (χ1n) is 11.1. The minimum atomic E-state index is -4.54. The normalized spacial score (nSPS) is 18.9. The number of alkyl halides is 3. The molecule has 0 bridgehead atoms. The highest BCUT2D eigenvalue weighted by atomic mass is 19.4. The van der Waals surface area contributed by atoms with Crippen molar-refractivity contribution >= 4 is 11.7 Å². The summed E-state index contributed by atoms with van der Waals surface area (Å²) in [6.45, 7) is 5.45. The Morgan fingerprint density at radius 3 is 2.50 bits per heavy atom. The zero-order chi connectivity index (χ0) is 24.5. The summed E-state index contributed by atoms with van der Waals surface area (Å²) in [5, 5.41) is 4.13. The average Bonchev–Trinajstić information content (AvgIpc) is 3.25. The number of likely N-dealkylation sites (tertiary alicyclic amines) is 1. The van der Waals surface area contributed by atoms with E-state index in [9.17, 15) is 18.0 Å². The van der Waals surface area contributed by atoms with Gasteiger partial charge in [-0.1, -0.05) is 35.5 Å². The van der Waals surface area contributed by atoms with Crippen LogP contribution in [0.4, 0.5) is 13.2 Å². The molecule has 2 aromatic carbocycles. The van der Waals surface area contributed by atoms with Gasteiger partial charge in [-0.15, -0.1) is 0 Å². The van der Waals surface area contributed by atoms with Crippen molar-refractivity contribution in [2.24, 2.45) is 11.1 Å².